The predicted molar refractivity (Wildman–Crippen MR) is 170 cm³/mol. The van der Waals surface area contributed by atoms with Crippen molar-refractivity contribution in [1.82, 2.24) is 20.1 Å². The summed E-state index contributed by atoms with van der Waals surface area (Å²) >= 11 is 3.60. The Labute approximate surface area is 275 Å². The van der Waals surface area contributed by atoms with Gasteiger partial charge in [-0.05, 0) is 97.4 Å². The lowest BCUT2D eigenvalue weighted by Crippen LogP contribution is -2.45. The molecule has 1 N–H and O–H groups in total. The topological polar surface area (TPSA) is 89.3 Å². The molecule has 2 aliphatic carbocycles. The number of nitrogens with one attached hydrogen (secondary N) is 1. The summed E-state index contributed by atoms with van der Waals surface area (Å²) in [6, 6.07) is 7.36. The fourth-order valence-corrected chi connectivity index (χ4v) is 7.89. The van der Waals surface area contributed by atoms with Crippen molar-refractivity contribution in [3.63, 3.8) is 0 Å². The number of nitrogens with zero attached hydrogens (tertiary/aromatic N) is 4. The van der Waals surface area contributed by atoms with Crippen molar-refractivity contribution in [3.8, 4) is 0 Å². The fourth-order valence-electron chi connectivity index (χ4n) is 7.41. The van der Waals surface area contributed by atoms with E-state index in [2.05, 4.69) is 38.4 Å². The van der Waals surface area contributed by atoms with Crippen LogP contribution in [-0.4, -0.2) is 32.4 Å². The van der Waals surface area contributed by atoms with E-state index in [9.17, 15) is 22.8 Å². The summed E-state index contributed by atoms with van der Waals surface area (Å²) in [7, 11) is 1.89. The van der Waals surface area contributed by atoms with Crippen LogP contribution in [-0.2, 0) is 29.9 Å². The maximum Gasteiger partial charge on any atom is 0.416 e. The number of hydrogen-bond acceptors (Lipinski definition) is 5. The first-order valence-corrected chi connectivity index (χ1v) is 16.4. The maximum atomic E-state index is 14.7. The quantitative estimate of drug-likeness (QED) is 0.280. The third kappa shape index (κ3) is 5.71. The Balaban J connectivity index is 1.38. The molecular formula is C34H39BrF3N5O3. The smallest absolute Gasteiger partial charge is 0.416 e. The first-order chi connectivity index (χ1) is 21.4. The second-order valence-corrected chi connectivity index (χ2v) is 15.6. The number of carbonyl (C=O) groups is 2. The lowest BCUT2D eigenvalue weighted by atomic mass is 9.58. The zero-order chi connectivity index (χ0) is 33.4. The molecule has 6 rings (SSSR count). The van der Waals surface area contributed by atoms with Crippen LogP contribution in [0, 0.1) is 11.3 Å². The zero-order valence-corrected chi connectivity index (χ0v) is 28.5. The van der Waals surface area contributed by atoms with E-state index in [-0.39, 0.29) is 23.2 Å². The largest absolute Gasteiger partial charge is 0.443 e. The molecule has 12 heteroatoms. The molecule has 0 radical (unpaired) electrons. The lowest BCUT2D eigenvalue weighted by Gasteiger charge is -2.46. The molecule has 1 aromatic heterocycles. The molecule has 0 bridgehead atoms. The highest BCUT2D eigenvalue weighted by molar-refractivity contribution is 9.10. The van der Waals surface area contributed by atoms with Crippen LogP contribution in [0.5, 0.6) is 0 Å². The molecule has 2 aromatic carbocycles. The molecule has 3 aromatic rings. The van der Waals surface area contributed by atoms with Gasteiger partial charge in [-0.15, -0.1) is 10.2 Å². The molecule has 1 unspecified atom stereocenters. The van der Waals surface area contributed by atoms with Crippen molar-refractivity contribution >= 4 is 33.6 Å². The van der Waals surface area contributed by atoms with Crippen molar-refractivity contribution in [3.05, 3.63) is 74.8 Å². The molecule has 246 valence electrons. The number of halogens is 4. The molecule has 8 nitrogen and oxygen atoms in total. The Morgan fingerprint density at radius 3 is 2.37 bits per heavy atom. The van der Waals surface area contributed by atoms with Gasteiger partial charge in [-0.1, -0.05) is 43.6 Å². The number of rotatable bonds is 6. The third-order valence-electron chi connectivity index (χ3n) is 9.86. The number of hydrogen-bond donors (Lipinski definition) is 1. The van der Waals surface area contributed by atoms with Crippen molar-refractivity contribution in [1.29, 1.82) is 0 Å². The average Bonchev–Trinajstić information content (AvgIpc) is 3.49. The molecular weight excluding hydrogens is 663 g/mol. The number of anilines is 1. The summed E-state index contributed by atoms with van der Waals surface area (Å²) in [6.07, 6.45) is 0.317. The number of benzene rings is 2. The van der Waals surface area contributed by atoms with Crippen LogP contribution in [0.3, 0.4) is 0 Å². The van der Waals surface area contributed by atoms with Gasteiger partial charge in [0.1, 0.15) is 17.8 Å². The van der Waals surface area contributed by atoms with Gasteiger partial charge in [0.15, 0.2) is 0 Å². The van der Waals surface area contributed by atoms with E-state index in [0.29, 0.717) is 16.1 Å². The normalized spacial score (nSPS) is 23.0. The average molecular weight is 703 g/mol. The number of fused-ring (bicyclic) bond motifs is 1. The van der Waals surface area contributed by atoms with Crippen molar-refractivity contribution < 1.29 is 27.5 Å². The van der Waals surface area contributed by atoms with Gasteiger partial charge in [0.2, 0.25) is 0 Å². The van der Waals surface area contributed by atoms with E-state index >= 15 is 0 Å². The molecule has 2 saturated carbocycles. The highest BCUT2D eigenvalue weighted by Gasteiger charge is 2.49. The molecule has 3 aliphatic rings. The van der Waals surface area contributed by atoms with Gasteiger partial charge in [-0.2, -0.15) is 13.2 Å². The van der Waals surface area contributed by atoms with Crippen molar-refractivity contribution in [2.45, 2.75) is 96.5 Å². The second kappa shape index (κ2) is 11.1. The number of aromatic nitrogens is 3. The van der Waals surface area contributed by atoms with Crippen LogP contribution in [0.1, 0.15) is 111 Å². The van der Waals surface area contributed by atoms with E-state index in [0.717, 1.165) is 49.6 Å². The van der Waals surface area contributed by atoms with Gasteiger partial charge in [-0.3, -0.25) is 4.79 Å². The fraction of sp³-hybridized carbons (Fsp3) is 0.529. The Bertz CT molecular complexity index is 1700. The molecule has 1 aliphatic heterocycles. The Morgan fingerprint density at radius 1 is 1.13 bits per heavy atom. The Morgan fingerprint density at radius 2 is 1.83 bits per heavy atom. The van der Waals surface area contributed by atoms with E-state index < -0.39 is 46.2 Å². The first-order valence-electron chi connectivity index (χ1n) is 15.6. The van der Waals surface area contributed by atoms with Gasteiger partial charge < -0.3 is 19.5 Å². The zero-order valence-electron chi connectivity index (χ0n) is 26.9. The summed E-state index contributed by atoms with van der Waals surface area (Å²) in [5.74, 6) is 0.723. The van der Waals surface area contributed by atoms with Gasteiger partial charge in [0.25, 0.3) is 5.91 Å². The Kier molecular flexibility index (Phi) is 7.84. The van der Waals surface area contributed by atoms with Crippen LogP contribution in [0.15, 0.2) is 41.1 Å². The van der Waals surface area contributed by atoms with E-state index in [1.165, 1.54) is 11.0 Å². The van der Waals surface area contributed by atoms with E-state index in [1.54, 1.807) is 12.4 Å². The standard InChI is InChI=1S/C34H39BrF3N5O3/c1-19-15-33(16-19,29-41-39-18-42(29)6)21-12-22(35)14-23(13-21)43-17-25-24(28(43)44)10-20(11-26(25)34(36,37)38)27(31(2,3)4)40-30(45)46-32(5)8-7-9-32/h10-14,18-19,27H,7-9,15-17H2,1-6H3,(H,40,45). The summed E-state index contributed by atoms with van der Waals surface area (Å²) in [6.45, 7) is 9.26. The predicted octanol–water partition coefficient (Wildman–Crippen LogP) is 8.23. The minimum Gasteiger partial charge on any atom is -0.443 e. The minimum absolute atomic E-state index is 0.0259. The summed E-state index contributed by atoms with van der Waals surface area (Å²) in [5.41, 5.74) is -1.09. The SMILES string of the molecule is CC1CC(c2cc(Br)cc(N3Cc4c(cc(C(NC(=O)OC5(C)CCC5)C(C)(C)C)cc4C(F)(F)F)C3=O)c2)(c2nncn2C)C1. The van der Waals surface area contributed by atoms with Crippen molar-refractivity contribution in [2.75, 3.05) is 4.90 Å². The number of alkyl halides is 3. The summed E-state index contributed by atoms with van der Waals surface area (Å²) in [5, 5.41) is 11.3. The number of ether oxygens (including phenoxy) is 1. The number of alkyl carbamates (subject to hydrolysis) is 1. The highest BCUT2D eigenvalue weighted by atomic mass is 79.9. The van der Waals surface area contributed by atoms with Gasteiger partial charge in [-0.25, -0.2) is 4.79 Å². The minimum atomic E-state index is -4.72. The van der Waals surface area contributed by atoms with Gasteiger partial charge in [0, 0.05) is 22.8 Å². The van der Waals surface area contributed by atoms with Crippen LogP contribution in [0.25, 0.3) is 0 Å². The lowest BCUT2D eigenvalue weighted by molar-refractivity contribution is -0.138. The van der Waals surface area contributed by atoms with Gasteiger partial charge in [0.05, 0.1) is 23.6 Å². The number of carbonyl (C=O) groups excluding carboxylic acids is 2. The second-order valence-electron chi connectivity index (χ2n) is 14.7. The maximum absolute atomic E-state index is 14.7. The monoisotopic (exact) mass is 701 g/mol. The van der Waals surface area contributed by atoms with E-state index in [4.69, 9.17) is 4.74 Å². The van der Waals surface area contributed by atoms with Crippen LogP contribution in [0.2, 0.25) is 0 Å². The van der Waals surface area contributed by atoms with Gasteiger partial charge >= 0.3 is 12.3 Å². The molecule has 2 heterocycles. The molecule has 2 amide bonds. The van der Waals surface area contributed by atoms with E-state index in [1.807, 2.05) is 51.4 Å². The summed E-state index contributed by atoms with van der Waals surface area (Å²) in [4.78, 5) is 28.4. The number of amides is 2. The van der Waals surface area contributed by atoms with Crippen LogP contribution in [0.4, 0.5) is 23.7 Å². The third-order valence-corrected chi connectivity index (χ3v) is 10.3. The number of aryl methyl sites for hydroxylation is 1. The molecule has 0 spiro atoms. The first kappa shape index (κ1) is 32.5. The molecule has 46 heavy (non-hydrogen) atoms. The van der Waals surface area contributed by atoms with Crippen LogP contribution < -0.4 is 10.2 Å². The van der Waals surface area contributed by atoms with Crippen molar-refractivity contribution in [2.24, 2.45) is 18.4 Å². The molecule has 0 saturated heterocycles. The molecule has 1 atom stereocenters. The highest BCUT2D eigenvalue weighted by Crippen LogP contribution is 2.53. The Hall–Kier alpha value is -3.41. The summed E-state index contributed by atoms with van der Waals surface area (Å²) < 4.78 is 52.3. The van der Waals surface area contributed by atoms with Crippen LogP contribution >= 0.6 is 15.9 Å². The molecule has 2 fully saturated rings.